The molecule has 1 N–H and O–H groups in total. The lowest BCUT2D eigenvalue weighted by atomic mass is 10.2. The van der Waals surface area contributed by atoms with Crippen LogP contribution in [0.25, 0.3) is 10.9 Å². The number of hydrogen-bond donors (Lipinski definition) is 1. The molecular formula is C17H15N3O2. The minimum Gasteiger partial charge on any atom is -0.467 e. The van der Waals surface area contributed by atoms with Crippen LogP contribution in [-0.4, -0.2) is 22.5 Å². The van der Waals surface area contributed by atoms with Crippen molar-refractivity contribution in [3.05, 3.63) is 60.4 Å². The van der Waals surface area contributed by atoms with Crippen LogP contribution in [0.1, 0.15) is 5.56 Å². The van der Waals surface area contributed by atoms with E-state index in [1.807, 2.05) is 55.5 Å². The fourth-order valence-corrected chi connectivity index (χ4v) is 2.13. The molecular weight excluding hydrogens is 278 g/mol. The first kappa shape index (κ1) is 14.0. The Hall–Kier alpha value is -2.95. The smallest absolute Gasteiger partial charge is 0.262 e. The van der Waals surface area contributed by atoms with Crippen LogP contribution in [0, 0.1) is 6.92 Å². The van der Waals surface area contributed by atoms with E-state index in [9.17, 15) is 4.79 Å². The normalized spacial score (nSPS) is 10.4. The molecule has 0 aliphatic heterocycles. The first-order chi connectivity index (χ1) is 10.7. The molecule has 5 heteroatoms. The number of carbonyl (C=O) groups excluding carboxylic acids is 1. The molecule has 1 heterocycles. The second-order valence-electron chi connectivity index (χ2n) is 4.85. The Kier molecular flexibility index (Phi) is 3.96. The second-order valence-corrected chi connectivity index (χ2v) is 4.85. The van der Waals surface area contributed by atoms with Crippen LogP contribution in [0.15, 0.2) is 54.9 Å². The quantitative estimate of drug-likeness (QED) is 0.803. The van der Waals surface area contributed by atoms with Crippen LogP contribution in [0.5, 0.6) is 5.88 Å². The van der Waals surface area contributed by atoms with Gasteiger partial charge in [0.2, 0.25) is 5.88 Å². The van der Waals surface area contributed by atoms with Crippen LogP contribution < -0.4 is 10.1 Å². The van der Waals surface area contributed by atoms with Gasteiger partial charge in [-0.1, -0.05) is 30.3 Å². The zero-order valence-electron chi connectivity index (χ0n) is 12.1. The summed E-state index contributed by atoms with van der Waals surface area (Å²) in [6.07, 6.45) is 1.43. The predicted molar refractivity (Wildman–Crippen MR) is 84.8 cm³/mol. The Bertz CT molecular complexity index is 812. The number of para-hydroxylation sites is 2. The maximum Gasteiger partial charge on any atom is 0.262 e. The van der Waals surface area contributed by atoms with Crippen LogP contribution in [-0.2, 0) is 4.79 Å². The van der Waals surface area contributed by atoms with Gasteiger partial charge in [0, 0.05) is 5.69 Å². The number of amides is 1. The van der Waals surface area contributed by atoms with Gasteiger partial charge in [-0.2, -0.15) is 0 Å². The Morgan fingerprint density at radius 3 is 2.73 bits per heavy atom. The molecule has 3 rings (SSSR count). The van der Waals surface area contributed by atoms with Crippen molar-refractivity contribution in [2.45, 2.75) is 6.92 Å². The molecule has 5 nitrogen and oxygen atoms in total. The third-order valence-corrected chi connectivity index (χ3v) is 3.27. The number of aromatic nitrogens is 2. The van der Waals surface area contributed by atoms with Crippen LogP contribution in [0.3, 0.4) is 0 Å². The summed E-state index contributed by atoms with van der Waals surface area (Å²) in [5.74, 6) is 0.183. The zero-order valence-corrected chi connectivity index (χ0v) is 12.1. The maximum absolute atomic E-state index is 12.0. The summed E-state index contributed by atoms with van der Waals surface area (Å²) < 4.78 is 5.53. The van der Waals surface area contributed by atoms with Crippen LogP contribution in [0.2, 0.25) is 0 Å². The number of fused-ring (bicyclic) bond motifs is 1. The largest absolute Gasteiger partial charge is 0.467 e. The van der Waals surface area contributed by atoms with Gasteiger partial charge in [-0.3, -0.25) is 4.79 Å². The minimum atomic E-state index is -0.225. The van der Waals surface area contributed by atoms with Crippen molar-refractivity contribution in [2.24, 2.45) is 0 Å². The molecule has 0 saturated carbocycles. The highest BCUT2D eigenvalue weighted by molar-refractivity contribution is 5.93. The summed E-state index contributed by atoms with van der Waals surface area (Å²) in [7, 11) is 0. The molecule has 1 aromatic heterocycles. The lowest BCUT2D eigenvalue weighted by Gasteiger charge is -2.10. The van der Waals surface area contributed by atoms with Gasteiger partial charge < -0.3 is 10.1 Å². The molecule has 1 amide bonds. The summed E-state index contributed by atoms with van der Waals surface area (Å²) in [5.41, 5.74) is 2.57. The third-order valence-electron chi connectivity index (χ3n) is 3.27. The average Bonchev–Trinajstić information content (AvgIpc) is 2.55. The Morgan fingerprint density at radius 1 is 1.09 bits per heavy atom. The van der Waals surface area contributed by atoms with E-state index in [0.29, 0.717) is 5.88 Å². The predicted octanol–water partition coefficient (Wildman–Crippen LogP) is 2.96. The highest BCUT2D eigenvalue weighted by Crippen LogP contribution is 2.20. The number of hydrogen-bond acceptors (Lipinski definition) is 4. The molecule has 110 valence electrons. The van der Waals surface area contributed by atoms with Crippen LogP contribution >= 0.6 is 0 Å². The van der Waals surface area contributed by atoms with E-state index in [1.165, 1.54) is 6.33 Å². The van der Waals surface area contributed by atoms with Crippen molar-refractivity contribution in [3.8, 4) is 5.88 Å². The SMILES string of the molecule is Cc1ccccc1NC(=O)COc1ncnc2ccccc12. The topological polar surface area (TPSA) is 64.1 Å². The maximum atomic E-state index is 12.0. The minimum absolute atomic E-state index is 0.102. The van der Waals surface area contributed by atoms with Gasteiger partial charge in [0.1, 0.15) is 6.33 Å². The van der Waals surface area contributed by atoms with Crippen molar-refractivity contribution in [1.82, 2.24) is 9.97 Å². The lowest BCUT2D eigenvalue weighted by Crippen LogP contribution is -2.21. The van der Waals surface area contributed by atoms with E-state index in [4.69, 9.17) is 4.74 Å². The number of carbonyl (C=O) groups is 1. The molecule has 0 aliphatic rings. The molecule has 3 aromatic rings. The van der Waals surface area contributed by atoms with E-state index in [1.54, 1.807) is 0 Å². The molecule has 22 heavy (non-hydrogen) atoms. The molecule has 0 saturated heterocycles. The number of rotatable bonds is 4. The number of aryl methyl sites for hydroxylation is 1. The van der Waals surface area contributed by atoms with Gasteiger partial charge in [0.05, 0.1) is 10.9 Å². The van der Waals surface area contributed by atoms with E-state index >= 15 is 0 Å². The van der Waals surface area contributed by atoms with E-state index in [-0.39, 0.29) is 12.5 Å². The van der Waals surface area contributed by atoms with Crippen molar-refractivity contribution in [3.63, 3.8) is 0 Å². The Morgan fingerprint density at radius 2 is 1.86 bits per heavy atom. The number of nitrogens with zero attached hydrogens (tertiary/aromatic N) is 2. The average molecular weight is 293 g/mol. The number of ether oxygens (including phenoxy) is 1. The van der Waals surface area contributed by atoms with Crippen LogP contribution in [0.4, 0.5) is 5.69 Å². The summed E-state index contributed by atoms with van der Waals surface area (Å²) in [5, 5.41) is 3.61. The number of benzene rings is 2. The Labute approximate surface area is 128 Å². The van der Waals surface area contributed by atoms with Gasteiger partial charge in [0.15, 0.2) is 6.61 Å². The van der Waals surface area contributed by atoms with E-state index in [2.05, 4.69) is 15.3 Å². The van der Waals surface area contributed by atoms with Gasteiger partial charge in [-0.25, -0.2) is 9.97 Å². The molecule has 0 bridgehead atoms. The highest BCUT2D eigenvalue weighted by Gasteiger charge is 2.08. The van der Waals surface area contributed by atoms with Gasteiger partial charge in [-0.15, -0.1) is 0 Å². The van der Waals surface area contributed by atoms with E-state index in [0.717, 1.165) is 22.2 Å². The molecule has 0 fully saturated rings. The fraction of sp³-hybridized carbons (Fsp3) is 0.118. The molecule has 0 spiro atoms. The van der Waals surface area contributed by atoms with E-state index < -0.39 is 0 Å². The van der Waals surface area contributed by atoms with Crippen molar-refractivity contribution in [1.29, 1.82) is 0 Å². The fourth-order valence-electron chi connectivity index (χ4n) is 2.13. The third kappa shape index (κ3) is 3.03. The zero-order chi connectivity index (χ0) is 15.4. The second kappa shape index (κ2) is 6.22. The van der Waals surface area contributed by atoms with Gasteiger partial charge in [-0.05, 0) is 30.7 Å². The van der Waals surface area contributed by atoms with Gasteiger partial charge in [0.25, 0.3) is 5.91 Å². The summed E-state index contributed by atoms with van der Waals surface area (Å²) in [4.78, 5) is 20.2. The molecule has 0 radical (unpaired) electrons. The summed E-state index contributed by atoms with van der Waals surface area (Å²) >= 11 is 0. The summed E-state index contributed by atoms with van der Waals surface area (Å²) in [6.45, 7) is 1.84. The number of nitrogens with one attached hydrogen (secondary N) is 1. The number of anilines is 1. The highest BCUT2D eigenvalue weighted by atomic mass is 16.5. The van der Waals surface area contributed by atoms with Crippen molar-refractivity contribution < 1.29 is 9.53 Å². The Balaban J connectivity index is 1.69. The van der Waals surface area contributed by atoms with Gasteiger partial charge >= 0.3 is 0 Å². The van der Waals surface area contributed by atoms with Crippen molar-refractivity contribution >= 4 is 22.5 Å². The first-order valence-corrected chi connectivity index (χ1v) is 6.92. The van der Waals surface area contributed by atoms with Crippen molar-refractivity contribution in [2.75, 3.05) is 11.9 Å². The monoisotopic (exact) mass is 293 g/mol. The summed E-state index contributed by atoms with van der Waals surface area (Å²) in [6, 6.07) is 15.1. The molecule has 0 aliphatic carbocycles. The standard InChI is InChI=1S/C17H15N3O2/c1-12-6-2-4-8-14(12)20-16(21)10-22-17-13-7-3-5-9-15(13)18-11-19-17/h2-9,11H,10H2,1H3,(H,20,21). The lowest BCUT2D eigenvalue weighted by molar-refractivity contribution is -0.118. The molecule has 0 atom stereocenters. The molecule has 2 aromatic carbocycles. The first-order valence-electron chi connectivity index (χ1n) is 6.92. The molecule has 0 unspecified atom stereocenters.